The first-order valence-electron chi connectivity index (χ1n) is 12.0. The number of anilines is 3. The van der Waals surface area contributed by atoms with Crippen LogP contribution in [-0.2, 0) is 16.7 Å². The van der Waals surface area contributed by atoms with Crippen LogP contribution in [0.3, 0.4) is 0 Å². The second kappa shape index (κ2) is 8.99. The predicted octanol–water partition coefficient (Wildman–Crippen LogP) is 3.87. The molecule has 0 saturated carbocycles. The van der Waals surface area contributed by atoms with Gasteiger partial charge in [0.25, 0.3) is 0 Å². The molecule has 0 amide bonds. The van der Waals surface area contributed by atoms with Crippen LogP contribution in [0.15, 0.2) is 30.5 Å². The number of nitrogens with one attached hydrogen (secondary N) is 2. The van der Waals surface area contributed by atoms with Crippen LogP contribution in [0.25, 0.3) is 11.3 Å². The Morgan fingerprint density at radius 3 is 2.80 bits per heavy atom. The van der Waals surface area contributed by atoms with E-state index in [1.165, 1.54) is 0 Å². The van der Waals surface area contributed by atoms with Crippen LogP contribution in [0.1, 0.15) is 44.0 Å². The number of aromatic nitrogens is 4. The summed E-state index contributed by atoms with van der Waals surface area (Å²) in [6.45, 7) is 11.3. The first-order chi connectivity index (χ1) is 16.8. The van der Waals surface area contributed by atoms with Crippen molar-refractivity contribution in [2.75, 3.05) is 37.0 Å². The molecule has 0 aliphatic carbocycles. The van der Waals surface area contributed by atoms with Gasteiger partial charge in [-0.3, -0.25) is 0 Å². The van der Waals surface area contributed by atoms with E-state index < -0.39 is 0 Å². The van der Waals surface area contributed by atoms with Crippen molar-refractivity contribution in [3.8, 4) is 23.1 Å². The zero-order valence-electron chi connectivity index (χ0n) is 20.8. The minimum atomic E-state index is -0.365. The summed E-state index contributed by atoms with van der Waals surface area (Å²) >= 11 is 0. The lowest BCUT2D eigenvalue weighted by Crippen LogP contribution is -2.40. The summed E-state index contributed by atoms with van der Waals surface area (Å²) in [6, 6.07) is 8.06. The van der Waals surface area contributed by atoms with E-state index in [-0.39, 0.29) is 17.4 Å². The van der Waals surface area contributed by atoms with Crippen molar-refractivity contribution in [3.63, 3.8) is 0 Å². The highest BCUT2D eigenvalue weighted by atomic mass is 16.5. The van der Waals surface area contributed by atoms with Crippen molar-refractivity contribution in [1.29, 1.82) is 0 Å². The number of hydrogen-bond donors (Lipinski definition) is 3. The number of ether oxygens (including phenoxy) is 1. The van der Waals surface area contributed by atoms with E-state index in [2.05, 4.69) is 52.5 Å². The van der Waals surface area contributed by atoms with Gasteiger partial charge in [0, 0.05) is 47.3 Å². The molecule has 1 unspecified atom stereocenters. The molecule has 8 heteroatoms. The molecule has 2 aliphatic heterocycles. The first kappa shape index (κ1) is 23.3. The molecule has 2 aromatic heterocycles. The summed E-state index contributed by atoms with van der Waals surface area (Å²) in [5.41, 5.74) is 5.50. The molecule has 35 heavy (non-hydrogen) atoms. The van der Waals surface area contributed by atoms with Crippen LogP contribution < -0.4 is 10.6 Å². The Bertz CT molecular complexity index is 1320. The number of aliphatic hydroxyl groups excluding tert-OH is 1. The van der Waals surface area contributed by atoms with E-state index in [4.69, 9.17) is 9.72 Å². The summed E-state index contributed by atoms with van der Waals surface area (Å²) in [5, 5.41) is 21.5. The van der Waals surface area contributed by atoms with Crippen molar-refractivity contribution in [2.45, 2.75) is 46.1 Å². The number of nitrogens with zero attached hydrogens (tertiary/aromatic N) is 4. The van der Waals surface area contributed by atoms with Gasteiger partial charge in [-0.1, -0.05) is 19.8 Å². The maximum atomic E-state index is 10.1. The largest absolute Gasteiger partial charge is 0.395 e. The van der Waals surface area contributed by atoms with Crippen LogP contribution in [0.4, 0.5) is 17.5 Å². The fourth-order valence-corrected chi connectivity index (χ4v) is 4.69. The highest BCUT2D eigenvalue weighted by molar-refractivity contribution is 5.77. The molecule has 1 aromatic carbocycles. The molecule has 182 valence electrons. The topological polar surface area (TPSA) is 97.1 Å². The van der Waals surface area contributed by atoms with E-state index in [0.29, 0.717) is 12.5 Å². The Morgan fingerprint density at radius 1 is 1.26 bits per heavy atom. The van der Waals surface area contributed by atoms with Gasteiger partial charge in [-0.25, -0.2) is 14.6 Å². The second-order valence-corrected chi connectivity index (χ2v) is 10.2. The molecule has 4 heterocycles. The summed E-state index contributed by atoms with van der Waals surface area (Å²) < 4.78 is 7.38. The molecule has 1 saturated heterocycles. The lowest BCUT2D eigenvalue weighted by atomic mass is 9.83. The second-order valence-electron chi connectivity index (χ2n) is 10.2. The summed E-state index contributed by atoms with van der Waals surface area (Å²) in [7, 11) is 0. The smallest absolute Gasteiger partial charge is 0.228 e. The van der Waals surface area contributed by atoms with Gasteiger partial charge >= 0.3 is 0 Å². The van der Waals surface area contributed by atoms with Crippen molar-refractivity contribution in [2.24, 2.45) is 5.41 Å². The Kier molecular flexibility index (Phi) is 5.99. The maximum Gasteiger partial charge on any atom is 0.228 e. The maximum absolute atomic E-state index is 10.1. The van der Waals surface area contributed by atoms with Gasteiger partial charge in [0.15, 0.2) is 0 Å². The molecule has 0 spiro atoms. The van der Waals surface area contributed by atoms with Crippen LogP contribution in [-0.4, -0.2) is 51.2 Å². The van der Waals surface area contributed by atoms with E-state index in [1.54, 1.807) is 6.20 Å². The summed E-state index contributed by atoms with van der Waals surface area (Å²) in [5.74, 6) is 7.59. The SMILES string of the molecule is CC#Cc1cc(-c2ccnc(Nc3cc(C)nn3CCC3(C)COC3)n2)cc2c1NCC2(C)CO. The Labute approximate surface area is 206 Å². The molecule has 0 radical (unpaired) electrons. The molecule has 1 atom stereocenters. The predicted molar refractivity (Wildman–Crippen MR) is 137 cm³/mol. The van der Waals surface area contributed by atoms with Gasteiger partial charge in [-0.15, -0.1) is 5.92 Å². The van der Waals surface area contributed by atoms with Gasteiger partial charge in [0.2, 0.25) is 5.95 Å². The number of aliphatic hydroxyl groups is 1. The first-order valence-corrected chi connectivity index (χ1v) is 12.0. The molecule has 8 nitrogen and oxygen atoms in total. The van der Waals surface area contributed by atoms with E-state index in [9.17, 15) is 5.11 Å². The Morgan fingerprint density at radius 2 is 2.09 bits per heavy atom. The summed E-state index contributed by atoms with van der Waals surface area (Å²) in [4.78, 5) is 9.27. The lowest BCUT2D eigenvalue weighted by Gasteiger charge is -2.38. The van der Waals surface area contributed by atoms with Crippen molar-refractivity contribution >= 4 is 17.5 Å². The molecule has 5 rings (SSSR count). The molecule has 3 aromatic rings. The Hall–Kier alpha value is -3.41. The number of hydrogen-bond acceptors (Lipinski definition) is 7. The van der Waals surface area contributed by atoms with Crippen LogP contribution in [0.2, 0.25) is 0 Å². The fourth-order valence-electron chi connectivity index (χ4n) is 4.69. The standard InChI is InChI=1S/C27H32N6O2/c1-5-6-19-12-20(13-21-24(19)29-14-27(21,4)15-34)22-7-9-28-25(30-22)31-23-11-18(2)32-33(23)10-8-26(3)16-35-17-26/h7,9,11-13,29,34H,8,10,14-17H2,1-4H3,(H,28,30,31). The van der Waals surface area contributed by atoms with Crippen LogP contribution in [0.5, 0.6) is 0 Å². The van der Waals surface area contributed by atoms with Crippen molar-refractivity contribution in [3.05, 3.63) is 47.3 Å². The third kappa shape index (κ3) is 4.49. The van der Waals surface area contributed by atoms with Gasteiger partial charge in [-0.05, 0) is 44.0 Å². The molecule has 1 fully saturated rings. The van der Waals surface area contributed by atoms with Gasteiger partial charge in [0.05, 0.1) is 36.9 Å². The minimum Gasteiger partial charge on any atom is -0.395 e. The van der Waals surface area contributed by atoms with Gasteiger partial charge in [-0.2, -0.15) is 5.10 Å². The number of benzene rings is 1. The summed E-state index contributed by atoms with van der Waals surface area (Å²) in [6.07, 6.45) is 2.75. The average Bonchev–Trinajstić information content (AvgIpc) is 3.36. The monoisotopic (exact) mass is 472 g/mol. The highest BCUT2D eigenvalue weighted by Crippen LogP contribution is 2.41. The average molecular weight is 473 g/mol. The Balaban J connectivity index is 1.44. The van der Waals surface area contributed by atoms with Crippen molar-refractivity contribution in [1.82, 2.24) is 19.7 Å². The molecular formula is C27H32N6O2. The number of fused-ring (bicyclic) bond motifs is 1. The van der Waals surface area contributed by atoms with Crippen LogP contribution in [0, 0.1) is 24.2 Å². The van der Waals surface area contributed by atoms with Gasteiger partial charge < -0.3 is 20.5 Å². The highest BCUT2D eigenvalue weighted by Gasteiger charge is 2.36. The third-order valence-electron chi connectivity index (χ3n) is 6.97. The molecular weight excluding hydrogens is 440 g/mol. The number of rotatable bonds is 7. The van der Waals surface area contributed by atoms with E-state index >= 15 is 0 Å². The minimum absolute atomic E-state index is 0.0561. The number of aryl methyl sites for hydroxylation is 2. The zero-order valence-corrected chi connectivity index (χ0v) is 20.8. The van der Waals surface area contributed by atoms with E-state index in [1.807, 2.05) is 36.7 Å². The normalized spacial score (nSPS) is 19.8. The van der Waals surface area contributed by atoms with Crippen LogP contribution >= 0.6 is 0 Å². The molecule has 2 aliphatic rings. The van der Waals surface area contributed by atoms with Gasteiger partial charge in [0.1, 0.15) is 5.82 Å². The zero-order chi connectivity index (χ0) is 24.6. The van der Waals surface area contributed by atoms with E-state index in [0.717, 1.165) is 65.8 Å². The molecule has 0 bridgehead atoms. The molecule has 3 N–H and O–H groups in total. The lowest BCUT2D eigenvalue weighted by molar-refractivity contribution is -0.107. The third-order valence-corrected chi connectivity index (χ3v) is 6.97. The quantitative estimate of drug-likeness (QED) is 0.449. The van der Waals surface area contributed by atoms with Crippen molar-refractivity contribution < 1.29 is 9.84 Å². The fraction of sp³-hybridized carbons (Fsp3) is 0.444.